The molecule has 0 bridgehead atoms. The lowest BCUT2D eigenvalue weighted by Crippen LogP contribution is -2.35. The Morgan fingerprint density at radius 3 is 2.75 bits per heavy atom. The minimum absolute atomic E-state index is 0.613. The van der Waals surface area contributed by atoms with Crippen molar-refractivity contribution in [3.63, 3.8) is 0 Å². The molecule has 2 atom stereocenters. The number of fused-ring (bicyclic) bond motifs is 1. The highest BCUT2D eigenvalue weighted by atomic mass is 32.2. The number of piperidine rings is 1. The van der Waals surface area contributed by atoms with Crippen molar-refractivity contribution >= 4 is 22.1 Å². The van der Waals surface area contributed by atoms with Gasteiger partial charge in [0.2, 0.25) is 0 Å². The average Bonchev–Trinajstić information content (AvgIpc) is 3.15. The van der Waals surface area contributed by atoms with Crippen LogP contribution in [0, 0.1) is 0 Å². The number of nitrogens with zero attached hydrogens (tertiary/aromatic N) is 1. The molecule has 28 heavy (non-hydrogen) atoms. The Balaban J connectivity index is 1.26. The molecule has 4 heteroatoms. The van der Waals surface area contributed by atoms with Gasteiger partial charge >= 0.3 is 0 Å². The molecule has 2 heterocycles. The van der Waals surface area contributed by atoms with Gasteiger partial charge in [-0.2, -0.15) is 0 Å². The van der Waals surface area contributed by atoms with E-state index in [1.165, 1.54) is 60.8 Å². The third-order valence-electron chi connectivity index (χ3n) is 6.03. The van der Waals surface area contributed by atoms with Gasteiger partial charge in [-0.25, -0.2) is 0 Å². The molecule has 2 unspecified atom stereocenters. The first-order chi connectivity index (χ1) is 13.7. The Labute approximate surface area is 171 Å². The molecule has 0 saturated carbocycles. The zero-order valence-electron chi connectivity index (χ0n) is 16.7. The molecule has 0 radical (unpaired) electrons. The van der Waals surface area contributed by atoms with E-state index >= 15 is 0 Å². The second-order valence-corrected chi connectivity index (χ2v) is 9.36. The van der Waals surface area contributed by atoms with E-state index in [1.807, 2.05) is 12.1 Å². The van der Waals surface area contributed by atoms with Gasteiger partial charge in [-0.1, -0.05) is 30.3 Å². The van der Waals surface area contributed by atoms with Crippen molar-refractivity contribution in [2.24, 2.45) is 0 Å². The highest BCUT2D eigenvalue weighted by molar-refractivity contribution is 7.90. The largest absolute Gasteiger partial charge is 0.612 e. The quantitative estimate of drug-likeness (QED) is 0.447. The minimum Gasteiger partial charge on any atom is -0.612 e. The van der Waals surface area contributed by atoms with E-state index in [4.69, 9.17) is 0 Å². The third-order valence-corrected chi connectivity index (χ3v) is 6.97. The maximum Gasteiger partial charge on any atom is 0.152 e. The Morgan fingerprint density at radius 1 is 1.11 bits per heavy atom. The molecule has 0 amide bonds. The van der Waals surface area contributed by atoms with Crippen molar-refractivity contribution in [3.8, 4) is 0 Å². The lowest BCUT2D eigenvalue weighted by atomic mass is 9.90. The van der Waals surface area contributed by atoms with Crippen LogP contribution in [0.3, 0.4) is 0 Å². The van der Waals surface area contributed by atoms with Crippen LogP contribution in [0.4, 0.5) is 0 Å². The van der Waals surface area contributed by atoms with Crippen molar-refractivity contribution < 1.29 is 4.55 Å². The zero-order chi connectivity index (χ0) is 19.3. The van der Waals surface area contributed by atoms with Crippen LogP contribution in [0.25, 0.3) is 10.9 Å². The summed E-state index contributed by atoms with van der Waals surface area (Å²) in [6, 6.07) is 17.0. The van der Waals surface area contributed by atoms with Gasteiger partial charge in [0.05, 0.1) is 0 Å². The maximum absolute atomic E-state index is 11.6. The van der Waals surface area contributed by atoms with Gasteiger partial charge in [0.25, 0.3) is 0 Å². The van der Waals surface area contributed by atoms with Gasteiger partial charge in [0.1, 0.15) is 6.26 Å². The molecule has 148 valence electrons. The van der Waals surface area contributed by atoms with Gasteiger partial charge < -0.3 is 14.4 Å². The number of hydrogen-bond donors (Lipinski definition) is 1. The first-order valence-electron chi connectivity index (χ1n) is 10.4. The van der Waals surface area contributed by atoms with Crippen LogP contribution < -0.4 is 0 Å². The Kier molecular flexibility index (Phi) is 6.40. The van der Waals surface area contributed by atoms with E-state index in [1.54, 1.807) is 6.26 Å². The summed E-state index contributed by atoms with van der Waals surface area (Å²) < 4.78 is 11.6. The molecule has 1 aromatic heterocycles. The number of H-pyrrole nitrogens is 1. The molecule has 2 aromatic carbocycles. The lowest BCUT2D eigenvalue weighted by molar-refractivity contribution is 0.204. The van der Waals surface area contributed by atoms with Crippen molar-refractivity contribution in [1.82, 2.24) is 9.88 Å². The van der Waals surface area contributed by atoms with E-state index < -0.39 is 11.2 Å². The van der Waals surface area contributed by atoms with Gasteiger partial charge in [0, 0.05) is 23.6 Å². The van der Waals surface area contributed by atoms with E-state index in [0.29, 0.717) is 5.92 Å². The smallest absolute Gasteiger partial charge is 0.152 e. The third kappa shape index (κ3) is 4.62. The monoisotopic (exact) mass is 394 g/mol. The van der Waals surface area contributed by atoms with Gasteiger partial charge in [-0.05, 0) is 91.6 Å². The number of aromatic amines is 1. The summed E-state index contributed by atoms with van der Waals surface area (Å²) in [5, 5.41) is 1.37. The lowest BCUT2D eigenvalue weighted by Gasteiger charge is -2.33. The van der Waals surface area contributed by atoms with Crippen molar-refractivity contribution in [1.29, 1.82) is 0 Å². The van der Waals surface area contributed by atoms with Crippen LogP contribution >= 0.6 is 0 Å². The maximum atomic E-state index is 11.6. The molecular formula is C24H30N2OS. The molecule has 3 nitrogen and oxygen atoms in total. The normalized spacial score (nSPS) is 19.1. The van der Waals surface area contributed by atoms with E-state index in [2.05, 4.69) is 52.5 Å². The summed E-state index contributed by atoms with van der Waals surface area (Å²) in [6.45, 7) is 3.57. The molecule has 1 aliphatic heterocycles. The molecule has 4 rings (SSSR count). The second-order valence-electron chi connectivity index (χ2n) is 7.98. The number of aromatic nitrogens is 1. The van der Waals surface area contributed by atoms with Gasteiger partial charge in [-0.3, -0.25) is 0 Å². The Morgan fingerprint density at radius 2 is 1.93 bits per heavy atom. The topological polar surface area (TPSA) is 42.1 Å². The number of nitrogens with one attached hydrogen (secondary N) is 1. The van der Waals surface area contributed by atoms with Crippen LogP contribution in [0.15, 0.2) is 59.6 Å². The number of hydrogen-bond acceptors (Lipinski definition) is 2. The fourth-order valence-corrected chi connectivity index (χ4v) is 4.97. The molecule has 0 aliphatic carbocycles. The number of benzene rings is 2. The summed E-state index contributed by atoms with van der Waals surface area (Å²) in [7, 11) is 0. The molecule has 1 aliphatic rings. The van der Waals surface area contributed by atoms with Crippen molar-refractivity contribution in [3.05, 3.63) is 65.9 Å². The number of aryl methyl sites for hydroxylation is 1. The predicted octanol–water partition coefficient (Wildman–Crippen LogP) is 5.11. The van der Waals surface area contributed by atoms with Crippen molar-refractivity contribution in [2.45, 2.75) is 42.9 Å². The standard InChI is InChI=1S/C24H30N2OS/c1-28(27)22-13-11-19(12-14-22)21-8-6-16-26(18-21)15-5-4-7-20-17-25-24-10-3-2-9-23(20)24/h2-3,9-14,17,21,25H,4-8,15-16,18H2,1H3. The summed E-state index contributed by atoms with van der Waals surface area (Å²) in [5.74, 6) is 0.613. The van der Waals surface area contributed by atoms with Crippen LogP contribution in [0.5, 0.6) is 0 Å². The van der Waals surface area contributed by atoms with Gasteiger partial charge in [-0.15, -0.1) is 0 Å². The highest BCUT2D eigenvalue weighted by Crippen LogP contribution is 2.28. The summed E-state index contributed by atoms with van der Waals surface area (Å²) >= 11 is -0.889. The average molecular weight is 395 g/mol. The molecule has 1 saturated heterocycles. The molecule has 3 aromatic rings. The molecule has 1 N–H and O–H groups in total. The number of rotatable bonds is 7. The summed E-state index contributed by atoms with van der Waals surface area (Å²) in [4.78, 5) is 6.94. The first kappa shape index (κ1) is 19.6. The fourth-order valence-electron chi connectivity index (χ4n) is 4.45. The molecule has 1 fully saturated rings. The van der Waals surface area contributed by atoms with E-state index in [-0.39, 0.29) is 0 Å². The minimum atomic E-state index is -0.889. The SMILES string of the molecule is C[S+]([O-])c1ccc(C2CCCN(CCCCc3c[nH]c4ccccc34)C2)cc1. The fraction of sp³-hybridized carbons (Fsp3) is 0.417. The van der Waals surface area contributed by atoms with Gasteiger partial charge in [0.15, 0.2) is 4.90 Å². The number of unbranched alkanes of at least 4 members (excludes halogenated alkanes) is 1. The van der Waals surface area contributed by atoms with E-state index in [9.17, 15) is 4.55 Å². The molecular weight excluding hydrogens is 364 g/mol. The summed E-state index contributed by atoms with van der Waals surface area (Å²) in [5.41, 5.74) is 4.09. The first-order valence-corrected chi connectivity index (χ1v) is 12.0. The Bertz CT molecular complexity index is 887. The highest BCUT2D eigenvalue weighted by Gasteiger charge is 2.21. The van der Waals surface area contributed by atoms with Crippen LogP contribution in [-0.4, -0.2) is 40.3 Å². The summed E-state index contributed by atoms with van der Waals surface area (Å²) in [6.07, 6.45) is 10.1. The predicted molar refractivity (Wildman–Crippen MR) is 118 cm³/mol. The van der Waals surface area contributed by atoms with E-state index in [0.717, 1.165) is 17.9 Å². The molecule has 0 spiro atoms. The zero-order valence-corrected chi connectivity index (χ0v) is 17.5. The number of para-hydroxylation sites is 1. The van der Waals surface area contributed by atoms with Crippen molar-refractivity contribution in [2.75, 3.05) is 25.9 Å². The second kappa shape index (κ2) is 9.17. The number of likely N-dealkylation sites (tertiary alicyclic amines) is 1. The Hall–Kier alpha value is -1.75. The van der Waals surface area contributed by atoms with Crippen LogP contribution in [-0.2, 0) is 17.6 Å². The van der Waals surface area contributed by atoms with Crippen LogP contribution in [0.1, 0.15) is 42.7 Å². The van der Waals surface area contributed by atoms with Crippen LogP contribution in [0.2, 0.25) is 0 Å².